The number of aliphatic hydroxyl groups excluding tert-OH is 2. The number of allylic oxidation sites excluding steroid dienone is 1. The second kappa shape index (κ2) is 5.55. The molecule has 4 nitrogen and oxygen atoms in total. The van der Waals surface area contributed by atoms with E-state index in [1.165, 1.54) is 6.42 Å². The molecule has 0 aromatic carbocycles. The molecule has 2 N–H and O–H groups in total. The van der Waals surface area contributed by atoms with E-state index in [0.29, 0.717) is 12.5 Å². The first-order valence-corrected chi connectivity index (χ1v) is 10.7. The van der Waals surface area contributed by atoms with E-state index in [2.05, 4.69) is 25.0 Å². The summed E-state index contributed by atoms with van der Waals surface area (Å²) in [6, 6.07) is 0. The fourth-order valence-electron chi connectivity index (χ4n) is 8.67. The summed E-state index contributed by atoms with van der Waals surface area (Å²) in [5, 5.41) is 20.8. The molecule has 5 saturated carbocycles. The Morgan fingerprint density at radius 1 is 1.22 bits per heavy atom. The van der Waals surface area contributed by atoms with Gasteiger partial charge in [0.2, 0.25) is 0 Å². The summed E-state index contributed by atoms with van der Waals surface area (Å²) in [5.41, 5.74) is 1.02. The summed E-state index contributed by atoms with van der Waals surface area (Å²) in [6.45, 7) is 13.6. The fourth-order valence-corrected chi connectivity index (χ4v) is 8.67. The van der Waals surface area contributed by atoms with Gasteiger partial charge in [0.25, 0.3) is 0 Å². The number of ketones is 1. The lowest BCUT2D eigenvalue weighted by atomic mass is 9.33. The fraction of sp³-hybridized carbons (Fsp3) is 0.783. The summed E-state index contributed by atoms with van der Waals surface area (Å²) in [5.74, 6) is 0.927. The Kier molecular flexibility index (Phi) is 3.72. The molecule has 6 fully saturated rings. The van der Waals surface area contributed by atoms with E-state index in [1.54, 1.807) is 0 Å². The zero-order chi connectivity index (χ0) is 19.2. The summed E-state index contributed by atoms with van der Waals surface area (Å²) in [6.07, 6.45) is 5.46. The number of β-amino-alcohol motifs (C(OH)–C–C–N with tert-alkyl or cyclic N) is 1. The lowest BCUT2D eigenvalue weighted by Crippen LogP contribution is -2.74. The third-order valence-corrected chi connectivity index (χ3v) is 9.35. The Hall–Kier alpha value is -0.970. The van der Waals surface area contributed by atoms with Gasteiger partial charge in [0.05, 0.1) is 18.1 Å². The summed E-state index contributed by atoms with van der Waals surface area (Å²) in [4.78, 5) is 16.2. The minimum Gasteiger partial charge on any atom is -0.395 e. The third kappa shape index (κ3) is 1.97. The second-order valence-electron chi connectivity index (χ2n) is 10.5. The van der Waals surface area contributed by atoms with Crippen LogP contribution in [-0.4, -0.2) is 53.2 Å². The van der Waals surface area contributed by atoms with Gasteiger partial charge in [-0.2, -0.15) is 0 Å². The molecule has 5 aliphatic carbocycles. The highest BCUT2D eigenvalue weighted by atomic mass is 16.3. The number of aliphatic hydroxyl groups is 2. The Morgan fingerprint density at radius 2 is 2.00 bits per heavy atom. The molecule has 1 aliphatic heterocycles. The van der Waals surface area contributed by atoms with E-state index < -0.39 is 11.5 Å². The van der Waals surface area contributed by atoms with Crippen LogP contribution >= 0.6 is 0 Å². The normalized spacial score (nSPS) is 51.9. The standard InChI is InChI=1S/C23H33NO3/c1-14-16-5-8-23(19(14)26)17(11-16)22-7-4-6-21(3,12-24(13-22)9-10-25)18(22)15(2)20(23)27/h16-19,25-26H,1-2,4-13H2,3H3/t16?,17-,18+,19-,21-,22+,23-/m0/s1. The van der Waals surface area contributed by atoms with Crippen LogP contribution in [0.4, 0.5) is 0 Å². The van der Waals surface area contributed by atoms with Gasteiger partial charge < -0.3 is 10.2 Å². The van der Waals surface area contributed by atoms with Gasteiger partial charge in [0.15, 0.2) is 5.78 Å². The first-order valence-electron chi connectivity index (χ1n) is 10.7. The number of carbonyl (C=O) groups is 1. The first-order chi connectivity index (χ1) is 12.8. The average Bonchev–Trinajstić information content (AvgIpc) is 2.62. The molecule has 6 aliphatic rings. The topological polar surface area (TPSA) is 60.8 Å². The molecular formula is C23H33NO3. The van der Waals surface area contributed by atoms with Crippen LogP contribution in [0.5, 0.6) is 0 Å². The van der Waals surface area contributed by atoms with Crippen molar-refractivity contribution >= 4 is 5.78 Å². The molecule has 0 radical (unpaired) electrons. The lowest BCUT2D eigenvalue weighted by molar-refractivity contribution is -0.214. The van der Waals surface area contributed by atoms with Gasteiger partial charge in [0.1, 0.15) is 0 Å². The highest BCUT2D eigenvalue weighted by Crippen LogP contribution is 2.73. The Labute approximate surface area is 162 Å². The maximum Gasteiger partial charge on any atom is 0.167 e. The van der Waals surface area contributed by atoms with Crippen LogP contribution in [0.2, 0.25) is 0 Å². The van der Waals surface area contributed by atoms with Crippen molar-refractivity contribution in [3.05, 3.63) is 24.3 Å². The number of hydrogen-bond donors (Lipinski definition) is 2. The van der Waals surface area contributed by atoms with Gasteiger partial charge in [-0.3, -0.25) is 9.69 Å². The number of hydrogen-bond acceptors (Lipinski definition) is 4. The SMILES string of the molecule is C=C1C(=O)[C@@]23CCC(C[C@H]2[C@@]24CCC[C@@](C)(CN(CCO)C2)[C@@H]14)C(=C)[C@@H]3O. The maximum absolute atomic E-state index is 13.8. The number of nitrogens with zero attached hydrogens (tertiary/aromatic N) is 1. The predicted octanol–water partition coefficient (Wildman–Crippen LogP) is 2.56. The molecule has 4 bridgehead atoms. The highest BCUT2D eigenvalue weighted by molar-refractivity contribution is 6.02. The molecule has 1 saturated heterocycles. The van der Waals surface area contributed by atoms with Crippen molar-refractivity contribution in [2.24, 2.45) is 34.0 Å². The molecule has 0 aromatic rings. The predicted molar refractivity (Wildman–Crippen MR) is 104 cm³/mol. The number of likely N-dealkylation sites (tertiary alicyclic amines) is 1. The van der Waals surface area contributed by atoms with Crippen LogP contribution in [0.3, 0.4) is 0 Å². The first kappa shape index (κ1) is 18.1. The Balaban J connectivity index is 1.69. The van der Waals surface area contributed by atoms with Crippen molar-refractivity contribution in [3.8, 4) is 0 Å². The van der Waals surface area contributed by atoms with Crippen LogP contribution in [0, 0.1) is 34.0 Å². The number of rotatable bonds is 2. The van der Waals surface area contributed by atoms with E-state index in [9.17, 15) is 15.0 Å². The number of fused-ring (bicyclic) bond motifs is 2. The molecule has 0 aromatic heterocycles. The smallest absolute Gasteiger partial charge is 0.167 e. The monoisotopic (exact) mass is 371 g/mol. The molecule has 1 unspecified atom stereocenters. The highest BCUT2D eigenvalue weighted by Gasteiger charge is 2.73. The van der Waals surface area contributed by atoms with E-state index in [1.807, 2.05) is 0 Å². The Bertz CT molecular complexity index is 731. The van der Waals surface area contributed by atoms with Crippen LogP contribution in [0.1, 0.15) is 45.4 Å². The van der Waals surface area contributed by atoms with Gasteiger partial charge in [-0.05, 0) is 65.9 Å². The van der Waals surface area contributed by atoms with E-state index >= 15 is 0 Å². The van der Waals surface area contributed by atoms with Gasteiger partial charge >= 0.3 is 0 Å². The number of Topliss-reactive ketones (excluding diaryl/α,β-unsaturated/α-hetero) is 1. The lowest BCUT2D eigenvalue weighted by Gasteiger charge is -2.72. The number of piperidine rings is 1. The minimum absolute atomic E-state index is 0.00572. The van der Waals surface area contributed by atoms with Gasteiger partial charge in [-0.15, -0.1) is 0 Å². The zero-order valence-electron chi connectivity index (χ0n) is 16.5. The summed E-state index contributed by atoms with van der Waals surface area (Å²) < 4.78 is 0. The minimum atomic E-state index is -0.712. The maximum atomic E-state index is 13.8. The average molecular weight is 372 g/mol. The molecule has 1 spiro atoms. The van der Waals surface area contributed by atoms with Crippen molar-refractivity contribution in [3.63, 3.8) is 0 Å². The molecule has 27 heavy (non-hydrogen) atoms. The van der Waals surface area contributed by atoms with E-state index in [0.717, 1.165) is 56.3 Å². The van der Waals surface area contributed by atoms with Crippen LogP contribution in [0.15, 0.2) is 24.3 Å². The molecule has 7 atom stereocenters. The van der Waals surface area contributed by atoms with Gasteiger partial charge in [-0.25, -0.2) is 0 Å². The molecule has 0 amide bonds. The van der Waals surface area contributed by atoms with E-state index in [-0.39, 0.29) is 35.1 Å². The quantitative estimate of drug-likeness (QED) is 0.579. The molecular weight excluding hydrogens is 338 g/mol. The Morgan fingerprint density at radius 3 is 2.74 bits per heavy atom. The van der Waals surface area contributed by atoms with Gasteiger partial charge in [0, 0.05) is 25.6 Å². The third-order valence-electron chi connectivity index (χ3n) is 9.35. The summed E-state index contributed by atoms with van der Waals surface area (Å²) >= 11 is 0. The van der Waals surface area contributed by atoms with Crippen molar-refractivity contribution < 1.29 is 15.0 Å². The largest absolute Gasteiger partial charge is 0.395 e. The van der Waals surface area contributed by atoms with Crippen molar-refractivity contribution in [2.45, 2.75) is 51.6 Å². The molecule has 6 rings (SSSR count). The van der Waals surface area contributed by atoms with Gasteiger partial charge in [-0.1, -0.05) is 26.5 Å². The van der Waals surface area contributed by atoms with Crippen molar-refractivity contribution in [2.75, 3.05) is 26.2 Å². The van der Waals surface area contributed by atoms with Crippen molar-refractivity contribution in [1.82, 2.24) is 4.90 Å². The van der Waals surface area contributed by atoms with E-state index in [4.69, 9.17) is 0 Å². The molecule has 4 heteroatoms. The number of carbonyl (C=O) groups excluding carboxylic acids is 1. The molecule has 148 valence electrons. The second-order valence-corrected chi connectivity index (χ2v) is 10.5. The zero-order valence-corrected chi connectivity index (χ0v) is 16.5. The van der Waals surface area contributed by atoms with Crippen LogP contribution in [0.25, 0.3) is 0 Å². The summed E-state index contributed by atoms with van der Waals surface area (Å²) in [7, 11) is 0. The van der Waals surface area contributed by atoms with Crippen molar-refractivity contribution in [1.29, 1.82) is 0 Å². The van der Waals surface area contributed by atoms with Crippen LogP contribution < -0.4 is 0 Å². The van der Waals surface area contributed by atoms with Crippen LogP contribution in [-0.2, 0) is 4.79 Å². The molecule has 1 heterocycles.